The van der Waals surface area contributed by atoms with Crippen LogP contribution in [0.1, 0.15) is 11.1 Å². The van der Waals surface area contributed by atoms with Crippen molar-refractivity contribution in [1.29, 1.82) is 5.26 Å². The topological polar surface area (TPSA) is 87.2 Å². The third-order valence-corrected chi connectivity index (χ3v) is 5.67. The van der Waals surface area contributed by atoms with Crippen molar-refractivity contribution in [3.05, 3.63) is 75.3 Å². The molecule has 0 radical (unpaired) electrons. The first-order valence-corrected chi connectivity index (χ1v) is 9.42. The largest absolute Gasteiger partial charge is 0.365 e. The van der Waals surface area contributed by atoms with Crippen molar-refractivity contribution in [3.8, 4) is 6.07 Å². The summed E-state index contributed by atoms with van der Waals surface area (Å²) in [5.41, 5.74) is 7.80. The molecule has 0 saturated carbocycles. The molecule has 1 heterocycles. The second-order valence-electron chi connectivity index (χ2n) is 6.10. The highest BCUT2D eigenvalue weighted by Gasteiger charge is 2.40. The van der Waals surface area contributed by atoms with Gasteiger partial charge in [0.2, 0.25) is 5.91 Å². The molecule has 0 unspecified atom stereocenters. The van der Waals surface area contributed by atoms with E-state index in [-0.39, 0.29) is 16.5 Å². The Morgan fingerprint density at radius 1 is 1.22 bits per heavy atom. The fraction of sp³-hybridized carbons (Fsp3) is 0.150. The maximum Gasteiger partial charge on any atom is 0.262 e. The Morgan fingerprint density at radius 3 is 2.41 bits per heavy atom. The number of carbonyl (C=O) groups is 2. The van der Waals surface area contributed by atoms with E-state index in [1.165, 1.54) is 16.7 Å². The van der Waals surface area contributed by atoms with E-state index in [2.05, 4.69) is 0 Å². The number of aryl methyl sites for hydroxylation is 1. The molecule has 3 rings (SSSR count). The predicted molar refractivity (Wildman–Crippen MR) is 107 cm³/mol. The van der Waals surface area contributed by atoms with Crippen LogP contribution in [0.2, 0.25) is 5.02 Å². The molecular formula is C20H16ClN3O2S. The van der Waals surface area contributed by atoms with Crippen LogP contribution >= 0.6 is 23.4 Å². The monoisotopic (exact) mass is 397 g/mol. The molecule has 7 heteroatoms. The van der Waals surface area contributed by atoms with Gasteiger partial charge in [-0.15, -0.1) is 0 Å². The van der Waals surface area contributed by atoms with Gasteiger partial charge in [0.25, 0.3) is 5.91 Å². The first kappa shape index (κ1) is 19.0. The fourth-order valence-electron chi connectivity index (χ4n) is 2.76. The minimum absolute atomic E-state index is 0.202. The normalized spacial score (nSPS) is 18.3. The lowest BCUT2D eigenvalue weighted by Gasteiger charge is -2.18. The Hall–Kier alpha value is -2.75. The highest BCUT2D eigenvalue weighted by atomic mass is 35.5. The summed E-state index contributed by atoms with van der Waals surface area (Å²) >= 11 is 7.12. The number of nitriles is 1. The van der Waals surface area contributed by atoms with Crippen LogP contribution < -0.4 is 10.6 Å². The van der Waals surface area contributed by atoms with Gasteiger partial charge >= 0.3 is 0 Å². The molecule has 1 atom stereocenters. The van der Waals surface area contributed by atoms with Gasteiger partial charge in [-0.25, -0.2) is 0 Å². The van der Waals surface area contributed by atoms with E-state index in [9.17, 15) is 14.9 Å². The van der Waals surface area contributed by atoms with Gasteiger partial charge in [-0.1, -0.05) is 53.2 Å². The molecule has 136 valence electrons. The Labute approximate surface area is 166 Å². The number of nitrogens with zero attached hydrogens (tertiary/aromatic N) is 2. The lowest BCUT2D eigenvalue weighted by molar-refractivity contribution is -0.117. The summed E-state index contributed by atoms with van der Waals surface area (Å²) in [5.74, 6) is -1.06. The summed E-state index contributed by atoms with van der Waals surface area (Å²) in [6, 6.07) is 16.4. The van der Waals surface area contributed by atoms with Gasteiger partial charge in [-0.05, 0) is 43.2 Å². The number of halogens is 1. The molecule has 27 heavy (non-hydrogen) atoms. The summed E-state index contributed by atoms with van der Waals surface area (Å²) < 4.78 is 0. The third kappa shape index (κ3) is 4.00. The van der Waals surface area contributed by atoms with Crippen LogP contribution in [0.5, 0.6) is 0 Å². The number of rotatable bonds is 4. The maximum absolute atomic E-state index is 13.1. The van der Waals surface area contributed by atoms with Gasteiger partial charge in [0.05, 0.1) is 5.25 Å². The van der Waals surface area contributed by atoms with Crippen LogP contribution in [0.4, 0.5) is 5.69 Å². The zero-order chi connectivity index (χ0) is 19.6. The quantitative estimate of drug-likeness (QED) is 0.631. The van der Waals surface area contributed by atoms with Gasteiger partial charge in [0.1, 0.15) is 16.7 Å². The number of benzene rings is 2. The second-order valence-corrected chi connectivity index (χ2v) is 7.73. The number of primary amides is 1. The van der Waals surface area contributed by atoms with Crippen LogP contribution in [0.3, 0.4) is 0 Å². The smallest absolute Gasteiger partial charge is 0.262 e. The average Bonchev–Trinajstić information content (AvgIpc) is 2.94. The number of carbonyl (C=O) groups excluding carboxylic acids is 2. The Balaban J connectivity index is 2.01. The van der Waals surface area contributed by atoms with Crippen molar-refractivity contribution < 1.29 is 9.59 Å². The summed E-state index contributed by atoms with van der Waals surface area (Å²) in [6.07, 6.45) is 0.481. The Kier molecular flexibility index (Phi) is 5.54. The first-order chi connectivity index (χ1) is 12.9. The number of hydrogen-bond donors (Lipinski definition) is 1. The van der Waals surface area contributed by atoms with E-state index in [4.69, 9.17) is 17.3 Å². The average molecular weight is 398 g/mol. The van der Waals surface area contributed by atoms with Crippen molar-refractivity contribution in [2.75, 3.05) is 4.90 Å². The molecule has 5 nitrogen and oxygen atoms in total. The minimum Gasteiger partial charge on any atom is -0.365 e. The molecule has 0 spiro atoms. The molecule has 2 amide bonds. The summed E-state index contributed by atoms with van der Waals surface area (Å²) in [6.45, 7) is 1.99. The van der Waals surface area contributed by atoms with Crippen molar-refractivity contribution in [3.63, 3.8) is 0 Å². The van der Waals surface area contributed by atoms with Crippen LogP contribution in [0.25, 0.3) is 0 Å². The number of amides is 2. The number of anilines is 1. The van der Waals surface area contributed by atoms with Crippen LogP contribution in [-0.2, 0) is 16.0 Å². The molecule has 0 aromatic heterocycles. The van der Waals surface area contributed by atoms with E-state index in [0.29, 0.717) is 17.1 Å². The van der Waals surface area contributed by atoms with Crippen molar-refractivity contribution in [1.82, 2.24) is 0 Å². The second kappa shape index (κ2) is 7.87. The predicted octanol–water partition coefficient (Wildman–Crippen LogP) is 3.56. The van der Waals surface area contributed by atoms with Crippen molar-refractivity contribution in [2.45, 2.75) is 18.6 Å². The summed E-state index contributed by atoms with van der Waals surface area (Å²) in [7, 11) is 0. The van der Waals surface area contributed by atoms with Crippen LogP contribution in [0.15, 0.2) is 59.1 Å². The van der Waals surface area contributed by atoms with E-state index in [0.717, 1.165) is 11.1 Å². The Bertz CT molecular complexity index is 962. The summed E-state index contributed by atoms with van der Waals surface area (Å²) in [4.78, 5) is 26.2. The van der Waals surface area contributed by atoms with Crippen molar-refractivity contribution >= 4 is 40.9 Å². The lowest BCUT2D eigenvalue weighted by Crippen LogP contribution is -2.31. The summed E-state index contributed by atoms with van der Waals surface area (Å²) in [5, 5.41) is 9.70. The molecule has 0 aliphatic carbocycles. The number of nitrogens with two attached hydrogens (primary N) is 1. The molecule has 1 aliphatic heterocycles. The first-order valence-electron chi connectivity index (χ1n) is 8.16. The third-order valence-electron chi connectivity index (χ3n) is 4.15. The zero-order valence-corrected chi connectivity index (χ0v) is 16.1. The molecule has 2 aromatic carbocycles. The molecule has 2 aromatic rings. The van der Waals surface area contributed by atoms with E-state index >= 15 is 0 Å². The maximum atomic E-state index is 13.1. The van der Waals surface area contributed by atoms with Gasteiger partial charge in [-0.3, -0.25) is 14.5 Å². The van der Waals surface area contributed by atoms with Gasteiger partial charge in [0, 0.05) is 10.7 Å². The van der Waals surface area contributed by atoms with E-state index in [1.54, 1.807) is 24.3 Å². The highest BCUT2D eigenvalue weighted by molar-refractivity contribution is 8.05. The van der Waals surface area contributed by atoms with E-state index in [1.807, 2.05) is 37.3 Å². The minimum atomic E-state index is -0.859. The molecule has 2 N–H and O–H groups in total. The molecule has 1 saturated heterocycles. The van der Waals surface area contributed by atoms with Gasteiger partial charge < -0.3 is 5.73 Å². The molecule has 0 bridgehead atoms. The highest BCUT2D eigenvalue weighted by Crippen LogP contribution is 2.42. The zero-order valence-electron chi connectivity index (χ0n) is 14.5. The van der Waals surface area contributed by atoms with Crippen LogP contribution in [-0.4, -0.2) is 17.1 Å². The SMILES string of the molecule is Cc1ccc(C[C@@H]2S/C(=C(\C#N)C(N)=O)N(c3ccc(Cl)cc3)C2=O)cc1. The fourth-order valence-corrected chi connectivity index (χ4v) is 4.21. The van der Waals surface area contributed by atoms with Gasteiger partial charge in [-0.2, -0.15) is 5.26 Å². The Morgan fingerprint density at radius 2 is 1.85 bits per heavy atom. The number of thioether (sulfide) groups is 1. The molecule has 1 aliphatic rings. The standard InChI is InChI=1S/C20H16ClN3O2S/c1-12-2-4-13(5-3-12)10-17-19(26)24(15-8-6-14(21)7-9-15)20(27-17)16(11-22)18(23)25/h2-9,17H,10H2,1H3,(H2,23,25)/b20-16+/t17-/m0/s1. The van der Waals surface area contributed by atoms with E-state index < -0.39 is 11.2 Å². The molecular weight excluding hydrogens is 382 g/mol. The number of hydrogen-bond acceptors (Lipinski definition) is 4. The lowest BCUT2D eigenvalue weighted by atomic mass is 10.1. The van der Waals surface area contributed by atoms with Crippen molar-refractivity contribution in [2.24, 2.45) is 5.73 Å². The molecule has 1 fully saturated rings. The van der Waals surface area contributed by atoms with Gasteiger partial charge in [0.15, 0.2) is 0 Å². The van der Waals surface area contributed by atoms with Crippen LogP contribution in [0, 0.1) is 18.3 Å².